The van der Waals surface area contributed by atoms with Crippen molar-refractivity contribution in [2.45, 2.75) is 33.2 Å². The third-order valence-corrected chi connectivity index (χ3v) is 2.85. The number of carbonyl (C=O) groups is 2. The number of rotatable bonds is 5. The van der Waals surface area contributed by atoms with Gasteiger partial charge in [-0.05, 0) is 30.7 Å². The summed E-state index contributed by atoms with van der Waals surface area (Å²) in [6.45, 7) is 9.08. The molecule has 5 heteroatoms. The van der Waals surface area contributed by atoms with E-state index in [1.807, 2.05) is 20.8 Å². The van der Waals surface area contributed by atoms with E-state index in [1.54, 1.807) is 30.3 Å². The Labute approximate surface area is 125 Å². The molecule has 4 N–H and O–H groups in total. The molecule has 2 amide bonds. The molecule has 1 aromatic rings. The molecule has 1 atom stereocenters. The number of hydrogen-bond donors (Lipinski definition) is 3. The first kappa shape index (κ1) is 16.9. The molecule has 0 saturated carbocycles. The first-order valence-electron chi connectivity index (χ1n) is 6.83. The highest BCUT2D eigenvalue weighted by Crippen LogP contribution is 2.19. The van der Waals surface area contributed by atoms with E-state index in [2.05, 4.69) is 17.2 Å². The van der Waals surface area contributed by atoms with Crippen LogP contribution in [0.1, 0.15) is 27.2 Å². The van der Waals surface area contributed by atoms with Crippen LogP contribution in [0.5, 0.6) is 0 Å². The van der Waals surface area contributed by atoms with Crippen LogP contribution in [0.15, 0.2) is 36.9 Å². The summed E-state index contributed by atoms with van der Waals surface area (Å²) >= 11 is 0. The van der Waals surface area contributed by atoms with Crippen molar-refractivity contribution in [3.63, 3.8) is 0 Å². The number of nitrogens with two attached hydrogens (primary N) is 1. The molecule has 0 fully saturated rings. The van der Waals surface area contributed by atoms with Gasteiger partial charge in [0.05, 0.1) is 6.04 Å². The second kappa shape index (κ2) is 7.04. The molecule has 1 aromatic carbocycles. The van der Waals surface area contributed by atoms with Crippen LogP contribution in [0, 0.1) is 5.41 Å². The van der Waals surface area contributed by atoms with Crippen molar-refractivity contribution in [1.29, 1.82) is 0 Å². The van der Waals surface area contributed by atoms with Crippen molar-refractivity contribution in [3.05, 3.63) is 36.9 Å². The van der Waals surface area contributed by atoms with E-state index in [4.69, 9.17) is 5.73 Å². The highest BCUT2D eigenvalue weighted by molar-refractivity contribution is 5.96. The highest BCUT2D eigenvalue weighted by atomic mass is 16.2. The zero-order valence-electron chi connectivity index (χ0n) is 12.8. The SMILES string of the molecule is C=CCC(N)C(=O)Nc1ccc(NC(=O)C(C)(C)C)cc1. The maximum atomic E-state index is 11.9. The summed E-state index contributed by atoms with van der Waals surface area (Å²) < 4.78 is 0. The third kappa shape index (κ3) is 5.39. The maximum Gasteiger partial charge on any atom is 0.241 e. The van der Waals surface area contributed by atoms with Gasteiger partial charge in [-0.3, -0.25) is 9.59 Å². The summed E-state index contributed by atoms with van der Waals surface area (Å²) in [6.07, 6.45) is 2.03. The predicted octanol–water partition coefficient (Wildman–Crippen LogP) is 2.51. The molecule has 21 heavy (non-hydrogen) atoms. The molecule has 0 aliphatic rings. The van der Waals surface area contributed by atoms with Crippen LogP contribution < -0.4 is 16.4 Å². The second-order valence-electron chi connectivity index (χ2n) is 5.90. The lowest BCUT2D eigenvalue weighted by molar-refractivity contribution is -0.123. The van der Waals surface area contributed by atoms with Crippen molar-refractivity contribution in [2.75, 3.05) is 10.6 Å². The zero-order chi connectivity index (χ0) is 16.0. The fourth-order valence-corrected chi connectivity index (χ4v) is 1.48. The average molecular weight is 289 g/mol. The van der Waals surface area contributed by atoms with Crippen LogP contribution in [-0.2, 0) is 9.59 Å². The van der Waals surface area contributed by atoms with E-state index in [1.165, 1.54) is 0 Å². The quantitative estimate of drug-likeness (QED) is 0.728. The Bertz CT molecular complexity index is 515. The van der Waals surface area contributed by atoms with Gasteiger partial charge in [-0.25, -0.2) is 0 Å². The molecule has 1 rings (SSSR count). The van der Waals surface area contributed by atoms with Gasteiger partial charge in [-0.2, -0.15) is 0 Å². The molecule has 0 aliphatic heterocycles. The minimum atomic E-state index is -0.609. The van der Waals surface area contributed by atoms with Gasteiger partial charge < -0.3 is 16.4 Å². The second-order valence-corrected chi connectivity index (χ2v) is 5.90. The number of nitrogens with one attached hydrogen (secondary N) is 2. The molecular weight excluding hydrogens is 266 g/mol. The van der Waals surface area contributed by atoms with E-state index >= 15 is 0 Å². The Hall–Kier alpha value is -2.14. The standard InChI is InChI=1S/C16H23N3O2/c1-5-6-13(17)14(20)18-11-7-9-12(10-8-11)19-15(21)16(2,3)4/h5,7-10,13H,1,6,17H2,2-4H3,(H,18,20)(H,19,21). The molecule has 0 aromatic heterocycles. The van der Waals surface area contributed by atoms with Gasteiger partial charge in [0.25, 0.3) is 0 Å². The lowest BCUT2D eigenvalue weighted by atomic mass is 9.95. The van der Waals surface area contributed by atoms with E-state index in [0.717, 1.165) is 0 Å². The summed E-state index contributed by atoms with van der Waals surface area (Å²) in [6, 6.07) is 6.30. The molecule has 0 radical (unpaired) electrons. The molecule has 0 saturated heterocycles. The normalized spacial score (nSPS) is 12.4. The van der Waals surface area contributed by atoms with E-state index in [-0.39, 0.29) is 11.8 Å². The summed E-state index contributed by atoms with van der Waals surface area (Å²) in [5.41, 5.74) is 6.54. The molecule has 0 aliphatic carbocycles. The lowest BCUT2D eigenvalue weighted by Gasteiger charge is -2.18. The van der Waals surface area contributed by atoms with Crippen LogP contribution in [0.3, 0.4) is 0 Å². The van der Waals surface area contributed by atoms with Crippen molar-refractivity contribution >= 4 is 23.2 Å². The minimum absolute atomic E-state index is 0.0627. The fourth-order valence-electron chi connectivity index (χ4n) is 1.48. The lowest BCUT2D eigenvalue weighted by Crippen LogP contribution is -2.35. The fraction of sp³-hybridized carbons (Fsp3) is 0.375. The maximum absolute atomic E-state index is 11.9. The van der Waals surface area contributed by atoms with Crippen molar-refractivity contribution < 1.29 is 9.59 Å². The first-order chi connectivity index (χ1) is 9.74. The molecule has 0 heterocycles. The summed E-state index contributed by atoms with van der Waals surface area (Å²) in [5, 5.41) is 5.53. The van der Waals surface area contributed by atoms with Crippen LogP contribution in [0.2, 0.25) is 0 Å². The van der Waals surface area contributed by atoms with Crippen LogP contribution in [0.25, 0.3) is 0 Å². The Morgan fingerprint density at radius 3 is 2.10 bits per heavy atom. The largest absolute Gasteiger partial charge is 0.326 e. The topological polar surface area (TPSA) is 84.2 Å². The molecule has 1 unspecified atom stereocenters. The molecular formula is C16H23N3O2. The third-order valence-electron chi connectivity index (χ3n) is 2.85. The Morgan fingerprint density at radius 2 is 1.67 bits per heavy atom. The van der Waals surface area contributed by atoms with E-state index in [9.17, 15) is 9.59 Å². The minimum Gasteiger partial charge on any atom is -0.326 e. The molecule has 114 valence electrons. The highest BCUT2D eigenvalue weighted by Gasteiger charge is 2.21. The van der Waals surface area contributed by atoms with Crippen LogP contribution in [0.4, 0.5) is 11.4 Å². The average Bonchev–Trinajstić information content (AvgIpc) is 2.40. The van der Waals surface area contributed by atoms with Gasteiger partial charge >= 0.3 is 0 Å². The molecule has 0 bridgehead atoms. The van der Waals surface area contributed by atoms with Gasteiger partial charge in [-0.15, -0.1) is 6.58 Å². The number of hydrogen-bond acceptors (Lipinski definition) is 3. The van der Waals surface area contributed by atoms with Gasteiger partial charge in [0.1, 0.15) is 0 Å². The Balaban J connectivity index is 2.64. The summed E-state index contributed by atoms with van der Waals surface area (Å²) in [4.78, 5) is 23.6. The molecule has 5 nitrogen and oxygen atoms in total. The van der Waals surface area contributed by atoms with Gasteiger partial charge in [-0.1, -0.05) is 26.8 Å². The van der Waals surface area contributed by atoms with E-state index in [0.29, 0.717) is 17.8 Å². The first-order valence-corrected chi connectivity index (χ1v) is 6.83. The Kier molecular flexibility index (Phi) is 5.67. The Morgan fingerprint density at radius 1 is 1.19 bits per heavy atom. The van der Waals surface area contributed by atoms with E-state index < -0.39 is 11.5 Å². The number of anilines is 2. The van der Waals surface area contributed by atoms with Crippen LogP contribution >= 0.6 is 0 Å². The zero-order valence-corrected chi connectivity index (χ0v) is 12.8. The smallest absolute Gasteiger partial charge is 0.241 e. The van der Waals surface area contributed by atoms with Gasteiger partial charge in [0.15, 0.2) is 0 Å². The van der Waals surface area contributed by atoms with Crippen molar-refractivity contribution in [1.82, 2.24) is 0 Å². The van der Waals surface area contributed by atoms with Gasteiger partial charge in [0, 0.05) is 16.8 Å². The number of amides is 2. The molecule has 0 spiro atoms. The monoisotopic (exact) mass is 289 g/mol. The number of benzene rings is 1. The van der Waals surface area contributed by atoms with Gasteiger partial charge in [0.2, 0.25) is 11.8 Å². The number of carbonyl (C=O) groups excluding carboxylic acids is 2. The van der Waals surface area contributed by atoms with Crippen LogP contribution in [-0.4, -0.2) is 17.9 Å². The summed E-state index contributed by atoms with van der Waals surface area (Å²) in [5.74, 6) is -0.325. The van der Waals surface area contributed by atoms with Crippen molar-refractivity contribution in [2.24, 2.45) is 11.1 Å². The van der Waals surface area contributed by atoms with Crippen molar-refractivity contribution in [3.8, 4) is 0 Å². The predicted molar refractivity (Wildman–Crippen MR) is 85.9 cm³/mol. The summed E-state index contributed by atoms with van der Waals surface area (Å²) in [7, 11) is 0.